The molecule has 0 saturated heterocycles. The Balaban J connectivity index is 1.64. The standard InChI is InChI=1S/C18H19N5O2S/c1-3-25-15-7-5-4-6-14(15)20-17(24)12(2)26-18-21-16(22-23-18)13-8-10-19-11-9-13/h4-12H,3H2,1-2H3,(H,20,24)(H,21,22,23)/t12-/m0/s1. The van der Waals surface area contributed by atoms with E-state index in [0.29, 0.717) is 29.0 Å². The lowest BCUT2D eigenvalue weighted by atomic mass is 10.3. The summed E-state index contributed by atoms with van der Waals surface area (Å²) >= 11 is 1.28. The molecule has 0 bridgehead atoms. The summed E-state index contributed by atoms with van der Waals surface area (Å²) in [7, 11) is 0. The number of amides is 1. The second-order valence-electron chi connectivity index (χ2n) is 5.38. The van der Waals surface area contributed by atoms with Crippen molar-refractivity contribution in [2.45, 2.75) is 24.3 Å². The van der Waals surface area contributed by atoms with Gasteiger partial charge in [0.2, 0.25) is 11.1 Å². The van der Waals surface area contributed by atoms with Crippen LogP contribution in [0.5, 0.6) is 5.75 Å². The lowest BCUT2D eigenvalue weighted by Crippen LogP contribution is -2.22. The van der Waals surface area contributed by atoms with Crippen LogP contribution < -0.4 is 10.1 Å². The van der Waals surface area contributed by atoms with Crippen LogP contribution in [-0.2, 0) is 4.79 Å². The molecule has 0 fully saturated rings. The molecule has 1 amide bonds. The summed E-state index contributed by atoms with van der Waals surface area (Å²) in [6, 6.07) is 11.0. The van der Waals surface area contributed by atoms with E-state index in [1.165, 1.54) is 11.8 Å². The van der Waals surface area contributed by atoms with Crippen molar-refractivity contribution < 1.29 is 9.53 Å². The van der Waals surface area contributed by atoms with Crippen LogP contribution in [0.2, 0.25) is 0 Å². The third-order valence-corrected chi connectivity index (χ3v) is 4.48. The number of thioether (sulfide) groups is 1. The molecule has 0 aliphatic carbocycles. The molecule has 0 radical (unpaired) electrons. The Morgan fingerprint density at radius 3 is 2.81 bits per heavy atom. The molecular formula is C18H19N5O2S. The number of carbonyl (C=O) groups is 1. The van der Waals surface area contributed by atoms with Crippen LogP contribution >= 0.6 is 11.8 Å². The van der Waals surface area contributed by atoms with Gasteiger partial charge in [-0.1, -0.05) is 23.9 Å². The quantitative estimate of drug-likeness (QED) is 0.620. The van der Waals surface area contributed by atoms with Gasteiger partial charge in [0.1, 0.15) is 5.75 Å². The minimum absolute atomic E-state index is 0.141. The number of nitrogens with zero attached hydrogens (tertiary/aromatic N) is 3. The first-order valence-electron chi connectivity index (χ1n) is 8.19. The SMILES string of the molecule is CCOc1ccccc1NC(=O)[C@H](C)Sc1n[nH]c(-c2ccncc2)n1. The molecule has 0 unspecified atom stereocenters. The Labute approximate surface area is 155 Å². The summed E-state index contributed by atoms with van der Waals surface area (Å²) < 4.78 is 5.53. The van der Waals surface area contributed by atoms with Gasteiger partial charge in [-0.2, -0.15) is 0 Å². The molecule has 134 valence electrons. The molecular weight excluding hydrogens is 350 g/mol. The highest BCUT2D eigenvalue weighted by molar-refractivity contribution is 8.00. The van der Waals surface area contributed by atoms with E-state index in [4.69, 9.17) is 4.74 Å². The van der Waals surface area contributed by atoms with Crippen molar-refractivity contribution in [2.24, 2.45) is 0 Å². The zero-order valence-electron chi connectivity index (χ0n) is 14.5. The Morgan fingerprint density at radius 1 is 1.27 bits per heavy atom. The van der Waals surface area contributed by atoms with Gasteiger partial charge in [0.15, 0.2) is 5.82 Å². The summed E-state index contributed by atoms with van der Waals surface area (Å²) in [6.07, 6.45) is 3.38. The highest BCUT2D eigenvalue weighted by Gasteiger charge is 2.18. The summed E-state index contributed by atoms with van der Waals surface area (Å²) in [6.45, 7) is 4.25. The maximum Gasteiger partial charge on any atom is 0.237 e. The molecule has 2 heterocycles. The molecule has 2 N–H and O–H groups in total. The van der Waals surface area contributed by atoms with Crippen molar-refractivity contribution >= 4 is 23.4 Å². The van der Waals surface area contributed by atoms with Crippen molar-refractivity contribution in [1.29, 1.82) is 0 Å². The van der Waals surface area contributed by atoms with E-state index >= 15 is 0 Å². The smallest absolute Gasteiger partial charge is 0.237 e. The number of carbonyl (C=O) groups excluding carboxylic acids is 1. The van der Waals surface area contributed by atoms with Crippen LogP contribution in [0.25, 0.3) is 11.4 Å². The monoisotopic (exact) mass is 369 g/mol. The number of benzene rings is 1. The molecule has 2 aromatic heterocycles. The van der Waals surface area contributed by atoms with Crippen LogP contribution in [0.1, 0.15) is 13.8 Å². The molecule has 0 aliphatic rings. The average Bonchev–Trinajstić information content (AvgIpc) is 3.13. The van der Waals surface area contributed by atoms with Crippen LogP contribution in [0, 0.1) is 0 Å². The number of H-pyrrole nitrogens is 1. The largest absolute Gasteiger partial charge is 0.492 e. The highest BCUT2D eigenvalue weighted by atomic mass is 32.2. The Hall–Kier alpha value is -2.87. The van der Waals surface area contributed by atoms with Gasteiger partial charge in [0.25, 0.3) is 0 Å². The van der Waals surface area contributed by atoms with E-state index in [9.17, 15) is 4.79 Å². The van der Waals surface area contributed by atoms with Gasteiger partial charge in [-0.15, -0.1) is 5.10 Å². The van der Waals surface area contributed by atoms with Gasteiger partial charge in [-0.25, -0.2) is 4.98 Å². The minimum Gasteiger partial charge on any atom is -0.492 e. The Kier molecular flexibility index (Phi) is 5.85. The van der Waals surface area contributed by atoms with Gasteiger partial charge >= 0.3 is 0 Å². The van der Waals surface area contributed by atoms with Gasteiger partial charge in [0, 0.05) is 18.0 Å². The van der Waals surface area contributed by atoms with Crippen molar-refractivity contribution in [3.8, 4) is 17.1 Å². The van der Waals surface area contributed by atoms with E-state index in [-0.39, 0.29) is 11.2 Å². The topological polar surface area (TPSA) is 92.8 Å². The van der Waals surface area contributed by atoms with Gasteiger partial charge < -0.3 is 10.1 Å². The third kappa shape index (κ3) is 4.40. The van der Waals surface area contributed by atoms with E-state index in [0.717, 1.165) is 5.56 Å². The summed E-state index contributed by atoms with van der Waals surface area (Å²) in [5, 5.41) is 10.1. The predicted octanol–water partition coefficient (Wildman–Crippen LogP) is 3.38. The maximum atomic E-state index is 12.5. The number of rotatable bonds is 7. The van der Waals surface area contributed by atoms with Crippen LogP contribution in [0.15, 0.2) is 53.9 Å². The summed E-state index contributed by atoms with van der Waals surface area (Å²) in [5.74, 6) is 1.15. The number of hydrogen-bond acceptors (Lipinski definition) is 6. The number of anilines is 1. The van der Waals surface area contributed by atoms with E-state index in [1.54, 1.807) is 12.4 Å². The predicted molar refractivity (Wildman–Crippen MR) is 101 cm³/mol. The van der Waals surface area contributed by atoms with Crippen molar-refractivity contribution in [1.82, 2.24) is 20.2 Å². The van der Waals surface area contributed by atoms with Gasteiger partial charge in [0.05, 0.1) is 17.5 Å². The third-order valence-electron chi connectivity index (χ3n) is 3.51. The fraction of sp³-hybridized carbons (Fsp3) is 0.222. The Morgan fingerprint density at radius 2 is 2.04 bits per heavy atom. The fourth-order valence-electron chi connectivity index (χ4n) is 2.24. The second-order valence-corrected chi connectivity index (χ2v) is 6.69. The van der Waals surface area contributed by atoms with E-state index < -0.39 is 0 Å². The van der Waals surface area contributed by atoms with Crippen molar-refractivity contribution in [2.75, 3.05) is 11.9 Å². The molecule has 3 aromatic rings. The lowest BCUT2D eigenvalue weighted by molar-refractivity contribution is -0.115. The van der Waals surface area contributed by atoms with Crippen molar-refractivity contribution in [3.63, 3.8) is 0 Å². The molecule has 8 heteroatoms. The van der Waals surface area contributed by atoms with Crippen LogP contribution in [0.3, 0.4) is 0 Å². The molecule has 1 aromatic carbocycles. The average molecular weight is 369 g/mol. The Bertz CT molecular complexity index is 869. The molecule has 0 spiro atoms. The molecule has 0 aliphatic heterocycles. The summed E-state index contributed by atoms with van der Waals surface area (Å²) in [5.41, 5.74) is 1.54. The molecule has 7 nitrogen and oxygen atoms in total. The normalized spacial score (nSPS) is 11.8. The van der Waals surface area contributed by atoms with E-state index in [2.05, 4.69) is 25.5 Å². The zero-order chi connectivity index (χ0) is 18.4. The van der Waals surface area contributed by atoms with Gasteiger partial charge in [-0.05, 0) is 38.1 Å². The number of ether oxygens (including phenoxy) is 1. The first-order valence-corrected chi connectivity index (χ1v) is 9.07. The fourth-order valence-corrected chi connectivity index (χ4v) is 2.96. The number of hydrogen-bond donors (Lipinski definition) is 2. The molecule has 0 saturated carbocycles. The maximum absolute atomic E-state index is 12.5. The number of nitrogens with one attached hydrogen (secondary N) is 2. The van der Waals surface area contributed by atoms with Crippen molar-refractivity contribution in [3.05, 3.63) is 48.8 Å². The molecule has 1 atom stereocenters. The summed E-state index contributed by atoms with van der Waals surface area (Å²) in [4.78, 5) is 20.9. The molecule has 3 rings (SSSR count). The van der Waals surface area contributed by atoms with Crippen LogP contribution in [-0.4, -0.2) is 37.9 Å². The molecule has 26 heavy (non-hydrogen) atoms. The number of para-hydroxylation sites is 2. The number of aromatic amines is 1. The zero-order valence-corrected chi connectivity index (χ0v) is 15.3. The highest BCUT2D eigenvalue weighted by Crippen LogP contribution is 2.27. The first-order chi connectivity index (χ1) is 12.7. The first kappa shape index (κ1) is 17.9. The van der Waals surface area contributed by atoms with Gasteiger partial charge in [-0.3, -0.25) is 14.9 Å². The number of pyridine rings is 1. The lowest BCUT2D eigenvalue weighted by Gasteiger charge is -2.13. The number of aromatic nitrogens is 4. The van der Waals surface area contributed by atoms with E-state index in [1.807, 2.05) is 50.2 Å². The van der Waals surface area contributed by atoms with Crippen LogP contribution in [0.4, 0.5) is 5.69 Å². The second kappa shape index (κ2) is 8.48. The minimum atomic E-state index is -0.370.